The zero-order chi connectivity index (χ0) is 9.47. The summed E-state index contributed by atoms with van der Waals surface area (Å²) in [7, 11) is 1.54. The maximum atomic E-state index is 11.3. The number of hydrogen-bond acceptors (Lipinski definition) is 3. The predicted octanol–water partition coefficient (Wildman–Crippen LogP) is 0.175. The third-order valence-electron chi connectivity index (χ3n) is 2.96. The van der Waals surface area contributed by atoms with Crippen LogP contribution in [0.3, 0.4) is 0 Å². The second-order valence-electron chi connectivity index (χ2n) is 3.37. The van der Waals surface area contributed by atoms with Crippen LogP contribution in [0.5, 0.6) is 0 Å². The molecule has 1 aliphatic heterocycles. The van der Waals surface area contributed by atoms with Crippen LogP contribution in [0.25, 0.3) is 0 Å². The molecule has 4 nitrogen and oxygen atoms in total. The number of fused-ring (bicyclic) bond motifs is 1. The van der Waals surface area contributed by atoms with Crippen molar-refractivity contribution in [1.29, 1.82) is 5.26 Å². The Hall–Kier alpha value is -1.34. The summed E-state index contributed by atoms with van der Waals surface area (Å²) >= 11 is 0. The van der Waals surface area contributed by atoms with E-state index in [1.807, 2.05) is 0 Å². The topological polar surface area (TPSA) is 62.1 Å². The fourth-order valence-electron chi connectivity index (χ4n) is 2.09. The van der Waals surface area contributed by atoms with Crippen LogP contribution in [0.2, 0.25) is 0 Å². The van der Waals surface area contributed by atoms with E-state index in [0.29, 0.717) is 6.42 Å². The highest BCUT2D eigenvalue weighted by atomic mass is 16.5. The summed E-state index contributed by atoms with van der Waals surface area (Å²) in [4.78, 5) is 11.3. The van der Waals surface area contributed by atoms with Gasteiger partial charge in [-0.15, -0.1) is 0 Å². The van der Waals surface area contributed by atoms with Gasteiger partial charge in [-0.3, -0.25) is 4.79 Å². The first-order valence-electron chi connectivity index (χ1n) is 4.17. The lowest BCUT2D eigenvalue weighted by molar-refractivity contribution is -0.158. The van der Waals surface area contributed by atoms with Crippen molar-refractivity contribution < 1.29 is 9.53 Å². The van der Waals surface area contributed by atoms with Gasteiger partial charge in [0.2, 0.25) is 5.91 Å². The zero-order valence-electron chi connectivity index (χ0n) is 7.28. The summed E-state index contributed by atoms with van der Waals surface area (Å²) in [6.07, 6.45) is 3.93. The second kappa shape index (κ2) is 2.57. The Morgan fingerprint density at radius 3 is 3.23 bits per heavy atom. The number of nitrogens with zero attached hydrogens (tertiary/aromatic N) is 1. The van der Waals surface area contributed by atoms with E-state index in [1.165, 1.54) is 0 Å². The molecule has 0 aromatic carbocycles. The van der Waals surface area contributed by atoms with Crippen molar-refractivity contribution in [3.05, 3.63) is 12.3 Å². The van der Waals surface area contributed by atoms with E-state index in [1.54, 1.807) is 19.4 Å². The van der Waals surface area contributed by atoms with Crippen molar-refractivity contribution in [3.63, 3.8) is 0 Å². The number of hydrogen-bond donors (Lipinski definition) is 1. The lowest BCUT2D eigenvalue weighted by atomic mass is 9.60. The van der Waals surface area contributed by atoms with Crippen LogP contribution in [-0.2, 0) is 9.53 Å². The van der Waals surface area contributed by atoms with Gasteiger partial charge in [-0.1, -0.05) is 0 Å². The third kappa shape index (κ3) is 0.850. The van der Waals surface area contributed by atoms with Crippen LogP contribution in [0.4, 0.5) is 0 Å². The van der Waals surface area contributed by atoms with Gasteiger partial charge >= 0.3 is 0 Å². The van der Waals surface area contributed by atoms with Gasteiger partial charge in [0.25, 0.3) is 0 Å². The van der Waals surface area contributed by atoms with Crippen LogP contribution in [-0.4, -0.2) is 18.6 Å². The van der Waals surface area contributed by atoms with E-state index in [4.69, 9.17) is 10.00 Å². The molecule has 4 heteroatoms. The maximum absolute atomic E-state index is 11.3. The third-order valence-corrected chi connectivity index (χ3v) is 2.96. The Labute approximate surface area is 76.2 Å². The number of ether oxygens (including phenoxy) is 1. The standard InChI is InChI=1S/C9H10N2O2/c1-13-9-2-3-11-8(12)7(9)4-6(9)5-10/h2-3,6-7H,4H2,1H3,(H,11,12)/t6-,7-,9+/m1/s1. The number of carbonyl (C=O) groups is 1. The molecule has 0 radical (unpaired) electrons. The van der Waals surface area contributed by atoms with Crippen molar-refractivity contribution in [2.75, 3.05) is 7.11 Å². The van der Waals surface area contributed by atoms with Gasteiger partial charge < -0.3 is 10.1 Å². The van der Waals surface area contributed by atoms with E-state index in [2.05, 4.69) is 11.4 Å². The molecular formula is C9H10N2O2. The SMILES string of the molecule is CO[C@]12C=CNC(=O)[C@H]1C[C@@H]2C#N. The Morgan fingerprint density at radius 2 is 2.62 bits per heavy atom. The molecule has 1 heterocycles. The molecular weight excluding hydrogens is 168 g/mol. The fourth-order valence-corrected chi connectivity index (χ4v) is 2.09. The van der Waals surface area contributed by atoms with Crippen LogP contribution in [0, 0.1) is 23.2 Å². The first-order valence-corrected chi connectivity index (χ1v) is 4.17. The summed E-state index contributed by atoms with van der Waals surface area (Å²) in [5, 5.41) is 11.4. The second-order valence-corrected chi connectivity index (χ2v) is 3.37. The molecule has 0 spiro atoms. The first kappa shape index (κ1) is 8.27. The minimum Gasteiger partial charge on any atom is -0.372 e. The molecule has 0 saturated heterocycles. The molecule has 68 valence electrons. The van der Waals surface area contributed by atoms with Crippen LogP contribution >= 0.6 is 0 Å². The summed E-state index contributed by atoms with van der Waals surface area (Å²) in [6.45, 7) is 0. The molecule has 1 amide bonds. The minimum atomic E-state index is -0.656. The van der Waals surface area contributed by atoms with Gasteiger partial charge in [0, 0.05) is 13.3 Å². The highest BCUT2D eigenvalue weighted by Crippen LogP contribution is 2.48. The van der Waals surface area contributed by atoms with Crippen LogP contribution in [0.1, 0.15) is 6.42 Å². The molecule has 13 heavy (non-hydrogen) atoms. The van der Waals surface area contributed by atoms with Crippen LogP contribution in [0.15, 0.2) is 12.3 Å². The molecule has 2 rings (SSSR count). The largest absolute Gasteiger partial charge is 0.372 e. The molecule has 0 aromatic rings. The van der Waals surface area contributed by atoms with Crippen LogP contribution < -0.4 is 5.32 Å². The Bertz CT molecular complexity index is 318. The normalized spacial score (nSPS) is 41.4. The molecule has 1 N–H and O–H groups in total. The van der Waals surface area contributed by atoms with Gasteiger partial charge in [-0.05, 0) is 12.5 Å². The number of rotatable bonds is 1. The van der Waals surface area contributed by atoms with Crippen molar-refractivity contribution in [2.24, 2.45) is 11.8 Å². The zero-order valence-corrected chi connectivity index (χ0v) is 7.28. The van der Waals surface area contributed by atoms with E-state index in [0.717, 1.165) is 0 Å². The molecule has 0 aromatic heterocycles. The number of carbonyl (C=O) groups excluding carboxylic acids is 1. The summed E-state index contributed by atoms with van der Waals surface area (Å²) in [6, 6.07) is 2.16. The average Bonchev–Trinajstić information content (AvgIpc) is 2.10. The number of amides is 1. The Kier molecular flexibility index (Phi) is 1.64. The smallest absolute Gasteiger partial charge is 0.230 e. The van der Waals surface area contributed by atoms with Crippen molar-refractivity contribution >= 4 is 5.91 Å². The number of nitriles is 1. The average molecular weight is 178 g/mol. The monoisotopic (exact) mass is 178 g/mol. The molecule has 0 bridgehead atoms. The fraction of sp³-hybridized carbons (Fsp3) is 0.556. The van der Waals surface area contributed by atoms with Crippen molar-refractivity contribution in [3.8, 4) is 6.07 Å². The lowest BCUT2D eigenvalue weighted by Crippen LogP contribution is -2.62. The molecule has 1 fully saturated rings. The molecule has 1 saturated carbocycles. The molecule has 2 aliphatic rings. The Morgan fingerprint density at radius 1 is 1.85 bits per heavy atom. The summed E-state index contributed by atoms with van der Waals surface area (Å²) < 4.78 is 5.28. The van der Waals surface area contributed by atoms with E-state index in [-0.39, 0.29) is 17.7 Å². The highest BCUT2D eigenvalue weighted by Gasteiger charge is 2.59. The predicted molar refractivity (Wildman–Crippen MR) is 44.2 cm³/mol. The van der Waals surface area contributed by atoms with Gasteiger partial charge in [0.15, 0.2) is 0 Å². The maximum Gasteiger partial charge on any atom is 0.230 e. The van der Waals surface area contributed by atoms with Crippen molar-refractivity contribution in [1.82, 2.24) is 5.32 Å². The van der Waals surface area contributed by atoms with E-state index < -0.39 is 5.60 Å². The minimum absolute atomic E-state index is 0.0455. The number of nitrogens with one attached hydrogen (secondary N) is 1. The lowest BCUT2D eigenvalue weighted by Gasteiger charge is -2.50. The molecule has 3 atom stereocenters. The molecule has 1 aliphatic carbocycles. The molecule has 0 unspecified atom stereocenters. The van der Waals surface area contributed by atoms with Gasteiger partial charge in [0.1, 0.15) is 5.60 Å². The van der Waals surface area contributed by atoms with E-state index in [9.17, 15) is 4.79 Å². The first-order chi connectivity index (χ1) is 6.24. The van der Waals surface area contributed by atoms with Gasteiger partial charge in [-0.2, -0.15) is 5.26 Å². The number of methoxy groups -OCH3 is 1. The van der Waals surface area contributed by atoms with Crippen molar-refractivity contribution in [2.45, 2.75) is 12.0 Å². The highest BCUT2D eigenvalue weighted by molar-refractivity contribution is 5.84. The van der Waals surface area contributed by atoms with Gasteiger partial charge in [0.05, 0.1) is 17.9 Å². The summed E-state index contributed by atoms with van der Waals surface area (Å²) in [5.74, 6) is -0.423. The van der Waals surface area contributed by atoms with Gasteiger partial charge in [-0.25, -0.2) is 0 Å². The van der Waals surface area contributed by atoms with E-state index >= 15 is 0 Å². The quantitative estimate of drug-likeness (QED) is 0.622. The Balaban J connectivity index is 2.34. The summed E-state index contributed by atoms with van der Waals surface area (Å²) in [5.41, 5.74) is -0.656.